The van der Waals surface area contributed by atoms with Crippen LogP contribution in [0.2, 0.25) is 0 Å². The highest BCUT2D eigenvalue weighted by atomic mass is 19.4. The van der Waals surface area contributed by atoms with E-state index in [0.717, 1.165) is 18.2 Å². The summed E-state index contributed by atoms with van der Waals surface area (Å²) in [7, 11) is 0. The SMILES string of the molecule is CCC(C)(CC(O)(C(=O)Nc1ccc2c(=O)onc(C)c2c1)C(F)(F)F)c1cccc(F)c1F. The molecule has 0 radical (unpaired) electrons. The second-order valence-corrected chi connectivity index (χ2v) is 8.32. The first kappa shape index (κ1) is 25.3. The summed E-state index contributed by atoms with van der Waals surface area (Å²) >= 11 is 0. The maximum atomic E-state index is 14.4. The lowest BCUT2D eigenvalue weighted by Crippen LogP contribution is -2.57. The summed E-state index contributed by atoms with van der Waals surface area (Å²) in [4.78, 5) is 24.6. The van der Waals surface area contributed by atoms with Gasteiger partial charge in [0.05, 0.1) is 11.1 Å². The van der Waals surface area contributed by atoms with Crippen molar-refractivity contribution in [3.63, 3.8) is 0 Å². The van der Waals surface area contributed by atoms with Gasteiger partial charge in [-0.05, 0) is 48.6 Å². The largest absolute Gasteiger partial charge is 0.426 e. The quantitative estimate of drug-likeness (QED) is 0.492. The monoisotopic (exact) mass is 484 g/mol. The van der Waals surface area contributed by atoms with Gasteiger partial charge in [-0.2, -0.15) is 13.2 Å². The molecule has 182 valence electrons. The van der Waals surface area contributed by atoms with E-state index in [0.29, 0.717) is 0 Å². The molecule has 3 rings (SSSR count). The number of carbonyl (C=O) groups excluding carboxylic acids is 1. The van der Waals surface area contributed by atoms with E-state index in [2.05, 4.69) is 9.68 Å². The Morgan fingerprint density at radius 1 is 1.15 bits per heavy atom. The highest BCUT2D eigenvalue weighted by molar-refractivity contribution is 5.99. The summed E-state index contributed by atoms with van der Waals surface area (Å²) in [6.45, 7) is 4.13. The van der Waals surface area contributed by atoms with Crippen LogP contribution in [-0.2, 0) is 10.2 Å². The molecule has 34 heavy (non-hydrogen) atoms. The van der Waals surface area contributed by atoms with Gasteiger partial charge in [0.1, 0.15) is 0 Å². The van der Waals surface area contributed by atoms with Crippen molar-refractivity contribution < 1.29 is 36.4 Å². The predicted octanol–water partition coefficient (Wildman–Crippen LogP) is 4.76. The number of nitrogens with one attached hydrogen (secondary N) is 1. The molecule has 0 aliphatic rings. The molecule has 2 aromatic carbocycles. The van der Waals surface area contributed by atoms with Gasteiger partial charge in [0, 0.05) is 17.5 Å². The summed E-state index contributed by atoms with van der Waals surface area (Å²) in [6.07, 6.45) is -6.87. The fourth-order valence-corrected chi connectivity index (χ4v) is 3.80. The van der Waals surface area contributed by atoms with Gasteiger partial charge in [-0.15, -0.1) is 0 Å². The Hall–Kier alpha value is -3.34. The number of rotatable bonds is 6. The van der Waals surface area contributed by atoms with E-state index in [-0.39, 0.29) is 28.6 Å². The van der Waals surface area contributed by atoms with Gasteiger partial charge in [-0.25, -0.2) is 13.6 Å². The molecule has 2 atom stereocenters. The van der Waals surface area contributed by atoms with E-state index in [1.165, 1.54) is 39.0 Å². The molecular formula is C23H21F5N2O4. The molecule has 0 spiro atoms. The standard InChI is InChI=1S/C23H21F5N2O4/c1-4-21(3,16-6-5-7-17(24)18(16)25)11-22(33,23(26,27)28)20(32)29-13-8-9-14-15(10-13)12(2)30-34-19(14)31/h5-10,33H,4,11H2,1-3H3,(H,29,32). The molecule has 0 saturated carbocycles. The van der Waals surface area contributed by atoms with Crippen molar-refractivity contribution >= 4 is 22.4 Å². The fourth-order valence-electron chi connectivity index (χ4n) is 3.80. The average molecular weight is 484 g/mol. The van der Waals surface area contributed by atoms with E-state index < -0.39 is 52.3 Å². The van der Waals surface area contributed by atoms with E-state index >= 15 is 0 Å². The molecule has 6 nitrogen and oxygen atoms in total. The summed E-state index contributed by atoms with van der Waals surface area (Å²) in [5.41, 5.74) is -6.78. The van der Waals surface area contributed by atoms with Crippen LogP contribution < -0.4 is 10.9 Å². The summed E-state index contributed by atoms with van der Waals surface area (Å²) in [5, 5.41) is 16.5. The van der Waals surface area contributed by atoms with Crippen LogP contribution in [0.25, 0.3) is 10.8 Å². The number of amides is 1. The van der Waals surface area contributed by atoms with Gasteiger partial charge in [0.25, 0.3) is 5.91 Å². The number of aliphatic hydroxyl groups is 1. The van der Waals surface area contributed by atoms with Crippen molar-refractivity contribution in [2.45, 2.75) is 50.8 Å². The number of aryl methyl sites for hydroxylation is 1. The molecule has 1 heterocycles. The molecular weight excluding hydrogens is 463 g/mol. The zero-order valence-corrected chi connectivity index (χ0v) is 18.4. The first-order chi connectivity index (χ1) is 15.7. The number of carbonyl (C=O) groups is 1. The van der Waals surface area contributed by atoms with Crippen molar-refractivity contribution in [2.24, 2.45) is 0 Å². The number of aromatic nitrogens is 1. The zero-order chi connectivity index (χ0) is 25.5. The molecule has 3 aromatic rings. The topological polar surface area (TPSA) is 92.4 Å². The highest BCUT2D eigenvalue weighted by Gasteiger charge is 2.62. The molecule has 0 aliphatic heterocycles. The Balaban J connectivity index is 2.03. The lowest BCUT2D eigenvalue weighted by molar-refractivity contribution is -0.255. The van der Waals surface area contributed by atoms with Crippen molar-refractivity contribution in [2.75, 3.05) is 5.32 Å². The number of fused-ring (bicyclic) bond motifs is 1. The van der Waals surface area contributed by atoms with Crippen LogP contribution in [0, 0.1) is 18.6 Å². The average Bonchev–Trinajstić information content (AvgIpc) is 2.77. The summed E-state index contributed by atoms with van der Waals surface area (Å²) < 4.78 is 74.9. The fraction of sp³-hybridized carbons (Fsp3) is 0.348. The molecule has 0 aliphatic carbocycles. The van der Waals surface area contributed by atoms with E-state index in [4.69, 9.17) is 0 Å². The molecule has 2 unspecified atom stereocenters. The number of benzene rings is 2. The minimum Gasteiger partial charge on any atom is -0.373 e. The predicted molar refractivity (Wildman–Crippen MR) is 113 cm³/mol. The van der Waals surface area contributed by atoms with E-state index in [9.17, 15) is 36.6 Å². The highest BCUT2D eigenvalue weighted by Crippen LogP contribution is 2.44. The molecule has 2 N–H and O–H groups in total. The molecule has 0 saturated heterocycles. The number of halogens is 5. The van der Waals surface area contributed by atoms with E-state index in [1.54, 1.807) is 0 Å². The minimum atomic E-state index is -5.45. The molecule has 1 amide bonds. The van der Waals surface area contributed by atoms with E-state index in [1.807, 2.05) is 5.32 Å². The molecule has 1 aromatic heterocycles. The number of hydrogen-bond acceptors (Lipinski definition) is 5. The Morgan fingerprint density at radius 2 is 1.82 bits per heavy atom. The number of nitrogens with zero attached hydrogens (tertiary/aromatic N) is 1. The molecule has 11 heteroatoms. The second-order valence-electron chi connectivity index (χ2n) is 8.32. The third-order valence-corrected chi connectivity index (χ3v) is 6.03. The van der Waals surface area contributed by atoms with Gasteiger partial charge >= 0.3 is 11.8 Å². The van der Waals surface area contributed by atoms with Crippen molar-refractivity contribution in [1.82, 2.24) is 5.16 Å². The van der Waals surface area contributed by atoms with Crippen LogP contribution in [0.4, 0.5) is 27.6 Å². The Labute approximate surface area is 190 Å². The smallest absolute Gasteiger partial charge is 0.373 e. The lowest BCUT2D eigenvalue weighted by Gasteiger charge is -2.38. The lowest BCUT2D eigenvalue weighted by atomic mass is 9.71. The van der Waals surface area contributed by atoms with Crippen molar-refractivity contribution in [3.05, 3.63) is 69.7 Å². The third-order valence-electron chi connectivity index (χ3n) is 6.03. The van der Waals surface area contributed by atoms with Crippen LogP contribution in [0.15, 0.2) is 45.7 Å². The van der Waals surface area contributed by atoms with Crippen LogP contribution in [-0.4, -0.2) is 27.9 Å². The van der Waals surface area contributed by atoms with Crippen molar-refractivity contribution in [1.29, 1.82) is 0 Å². The number of hydrogen-bond donors (Lipinski definition) is 2. The van der Waals surface area contributed by atoms with Crippen LogP contribution in [0.3, 0.4) is 0 Å². The van der Waals surface area contributed by atoms with Gasteiger partial charge in [0.2, 0.25) is 5.60 Å². The number of alkyl halides is 3. The first-order valence-electron chi connectivity index (χ1n) is 10.2. The normalized spacial score (nSPS) is 15.6. The summed E-state index contributed by atoms with van der Waals surface area (Å²) in [5.74, 6) is -4.43. The van der Waals surface area contributed by atoms with Gasteiger partial charge in [0.15, 0.2) is 11.6 Å². The van der Waals surface area contributed by atoms with Crippen molar-refractivity contribution in [3.8, 4) is 0 Å². The van der Waals surface area contributed by atoms with Crippen LogP contribution >= 0.6 is 0 Å². The minimum absolute atomic E-state index is 0.0942. The van der Waals surface area contributed by atoms with Crippen LogP contribution in [0.1, 0.15) is 37.9 Å². The van der Waals surface area contributed by atoms with Gasteiger partial charge in [-0.1, -0.05) is 31.1 Å². The first-order valence-corrected chi connectivity index (χ1v) is 10.2. The second kappa shape index (κ2) is 8.79. The zero-order valence-electron chi connectivity index (χ0n) is 18.4. The van der Waals surface area contributed by atoms with Gasteiger partial charge < -0.3 is 14.9 Å². The third kappa shape index (κ3) is 4.39. The molecule has 0 fully saturated rings. The van der Waals surface area contributed by atoms with Gasteiger partial charge in [-0.3, -0.25) is 4.79 Å². The van der Waals surface area contributed by atoms with Crippen LogP contribution in [0.5, 0.6) is 0 Å². The Kier molecular flexibility index (Phi) is 6.53. The maximum Gasteiger partial charge on any atom is 0.426 e. The Morgan fingerprint density at radius 3 is 2.44 bits per heavy atom. The Bertz CT molecular complexity index is 1310. The maximum absolute atomic E-state index is 14.4. The molecule has 0 bridgehead atoms. The summed E-state index contributed by atoms with van der Waals surface area (Å²) in [6, 6.07) is 6.68. The number of anilines is 1.